The predicted molar refractivity (Wildman–Crippen MR) is 56.7 cm³/mol. The summed E-state index contributed by atoms with van der Waals surface area (Å²) in [5, 5.41) is 0. The van der Waals surface area contributed by atoms with Crippen LogP contribution in [0.25, 0.3) is 0 Å². The highest BCUT2D eigenvalue weighted by Gasteiger charge is 2.21. The van der Waals surface area contributed by atoms with Gasteiger partial charge in [-0.2, -0.15) is 0 Å². The minimum Gasteiger partial charge on any atom is -0.251 e. The molecule has 0 saturated heterocycles. The van der Waals surface area contributed by atoms with E-state index in [-0.39, 0.29) is 13.3 Å². The monoisotopic (exact) mass is 248 g/mol. The molecule has 6 heteroatoms. The fraction of sp³-hybridized carbons (Fsp3) is 0.500. The standard InChI is InChI=1S/C10H15FNO3S/c11-7-3-1-6-10-15-16(13,14)12-8-4-2-5-9-12/h2,4-5,8-9H,1,3,6-7,10H2/q+1. The Kier molecular flexibility index (Phi) is 5.34. The van der Waals surface area contributed by atoms with Crippen LogP contribution in [0.15, 0.2) is 30.6 Å². The number of hydrogen-bond donors (Lipinski definition) is 0. The van der Waals surface area contributed by atoms with Crippen LogP contribution in [0, 0.1) is 0 Å². The van der Waals surface area contributed by atoms with Gasteiger partial charge in [-0.05, 0) is 19.3 Å². The Labute approximate surface area is 94.9 Å². The van der Waals surface area contributed by atoms with Crippen molar-refractivity contribution in [1.82, 2.24) is 0 Å². The van der Waals surface area contributed by atoms with Crippen molar-refractivity contribution in [2.24, 2.45) is 0 Å². The molecule has 1 rings (SSSR count). The van der Waals surface area contributed by atoms with Crippen LogP contribution < -0.4 is 3.97 Å². The summed E-state index contributed by atoms with van der Waals surface area (Å²) in [6.45, 7) is -0.287. The van der Waals surface area contributed by atoms with Crippen LogP contribution in [0.4, 0.5) is 4.39 Å². The van der Waals surface area contributed by atoms with Crippen molar-refractivity contribution < 1.29 is 21.0 Å². The first-order chi connectivity index (χ1) is 7.67. The van der Waals surface area contributed by atoms with Crippen molar-refractivity contribution in [3.8, 4) is 0 Å². The first-order valence-electron chi connectivity index (χ1n) is 5.09. The van der Waals surface area contributed by atoms with Crippen LogP contribution in [0.1, 0.15) is 19.3 Å². The van der Waals surface area contributed by atoms with Crippen molar-refractivity contribution in [2.75, 3.05) is 13.3 Å². The molecule has 0 unspecified atom stereocenters. The fourth-order valence-electron chi connectivity index (χ4n) is 1.13. The highest BCUT2D eigenvalue weighted by molar-refractivity contribution is 7.80. The predicted octanol–water partition coefficient (Wildman–Crippen LogP) is 1.22. The summed E-state index contributed by atoms with van der Waals surface area (Å²) in [5.41, 5.74) is 0. The zero-order valence-electron chi connectivity index (χ0n) is 8.88. The van der Waals surface area contributed by atoms with E-state index in [0.29, 0.717) is 19.3 Å². The quantitative estimate of drug-likeness (QED) is 0.538. The molecule has 0 spiro atoms. The summed E-state index contributed by atoms with van der Waals surface area (Å²) in [6.07, 6.45) is 4.41. The summed E-state index contributed by atoms with van der Waals surface area (Å²) < 4.78 is 40.6. The topological polar surface area (TPSA) is 47.3 Å². The second-order valence-corrected chi connectivity index (χ2v) is 4.75. The van der Waals surface area contributed by atoms with Gasteiger partial charge in [-0.25, -0.2) is 4.18 Å². The Morgan fingerprint density at radius 1 is 1.06 bits per heavy atom. The SMILES string of the molecule is O=S(=O)(OCCCCCF)[n+]1ccccc1. The zero-order valence-corrected chi connectivity index (χ0v) is 9.70. The van der Waals surface area contributed by atoms with Gasteiger partial charge in [0.05, 0.1) is 13.3 Å². The lowest BCUT2D eigenvalue weighted by atomic mass is 10.3. The third-order valence-corrected chi connectivity index (χ3v) is 3.18. The van der Waals surface area contributed by atoms with Gasteiger partial charge >= 0.3 is 10.3 Å². The van der Waals surface area contributed by atoms with Crippen LogP contribution in [0.5, 0.6) is 0 Å². The molecule has 0 radical (unpaired) electrons. The molecule has 1 heterocycles. The third-order valence-electron chi connectivity index (χ3n) is 1.96. The second-order valence-electron chi connectivity index (χ2n) is 3.23. The fourth-order valence-corrected chi connectivity index (χ4v) is 2.02. The molecule has 4 nitrogen and oxygen atoms in total. The van der Waals surface area contributed by atoms with Crippen LogP contribution in [0.3, 0.4) is 0 Å². The maximum atomic E-state index is 11.8. The van der Waals surface area contributed by atoms with Gasteiger partial charge in [0.1, 0.15) is 0 Å². The van der Waals surface area contributed by atoms with E-state index in [1.54, 1.807) is 18.2 Å². The van der Waals surface area contributed by atoms with E-state index in [1.165, 1.54) is 12.4 Å². The van der Waals surface area contributed by atoms with Crippen LogP contribution in [-0.4, -0.2) is 21.7 Å². The zero-order chi connectivity index (χ0) is 11.9. The molecule has 0 aliphatic carbocycles. The molecule has 16 heavy (non-hydrogen) atoms. The number of halogens is 1. The highest BCUT2D eigenvalue weighted by atomic mass is 32.2. The number of rotatable bonds is 7. The van der Waals surface area contributed by atoms with E-state index < -0.39 is 10.3 Å². The van der Waals surface area contributed by atoms with Gasteiger partial charge in [-0.15, -0.1) is 8.42 Å². The number of pyridine rings is 1. The van der Waals surface area contributed by atoms with Crippen LogP contribution in [-0.2, 0) is 14.5 Å². The molecular formula is C10H15FNO3S+. The minimum absolute atomic E-state index is 0.0875. The van der Waals surface area contributed by atoms with Gasteiger partial charge in [0, 0.05) is 12.1 Å². The average molecular weight is 248 g/mol. The average Bonchev–Trinajstić information content (AvgIpc) is 2.30. The van der Waals surface area contributed by atoms with Crippen molar-refractivity contribution in [1.29, 1.82) is 0 Å². The number of hydrogen-bond acceptors (Lipinski definition) is 3. The number of nitrogens with zero attached hydrogens (tertiary/aromatic N) is 1. The summed E-state index contributed by atoms with van der Waals surface area (Å²) >= 11 is 0. The van der Waals surface area contributed by atoms with Gasteiger partial charge in [0.15, 0.2) is 12.4 Å². The largest absolute Gasteiger partial charge is 0.513 e. The summed E-state index contributed by atoms with van der Waals surface area (Å²) in [4.78, 5) is 0. The number of alkyl halides is 1. The van der Waals surface area contributed by atoms with Gasteiger partial charge in [0.25, 0.3) is 0 Å². The van der Waals surface area contributed by atoms with Gasteiger partial charge in [0.2, 0.25) is 0 Å². The lowest BCUT2D eigenvalue weighted by molar-refractivity contribution is -0.520. The molecule has 1 aromatic heterocycles. The Bertz CT molecular complexity index is 394. The molecule has 0 fully saturated rings. The maximum Gasteiger partial charge on any atom is 0.513 e. The molecule has 0 saturated carbocycles. The first kappa shape index (κ1) is 13.1. The molecule has 0 atom stereocenters. The maximum absolute atomic E-state index is 11.8. The van der Waals surface area contributed by atoms with Crippen LogP contribution >= 0.6 is 0 Å². The first-order valence-corrected chi connectivity index (χ1v) is 6.45. The van der Waals surface area contributed by atoms with Crippen molar-refractivity contribution in [2.45, 2.75) is 19.3 Å². The van der Waals surface area contributed by atoms with Crippen molar-refractivity contribution in [3.63, 3.8) is 0 Å². The molecule has 0 amide bonds. The number of aromatic nitrogens is 1. The Morgan fingerprint density at radius 3 is 2.38 bits per heavy atom. The lowest BCUT2D eigenvalue weighted by Gasteiger charge is -1.99. The minimum atomic E-state index is -3.72. The summed E-state index contributed by atoms with van der Waals surface area (Å²) in [7, 11) is -3.72. The second kappa shape index (κ2) is 6.55. The van der Waals surface area contributed by atoms with E-state index >= 15 is 0 Å². The molecule has 1 aromatic rings. The normalized spacial score (nSPS) is 11.6. The third kappa shape index (κ3) is 4.24. The van der Waals surface area contributed by atoms with E-state index in [9.17, 15) is 12.8 Å². The van der Waals surface area contributed by atoms with E-state index in [4.69, 9.17) is 4.18 Å². The van der Waals surface area contributed by atoms with Crippen molar-refractivity contribution >= 4 is 10.3 Å². The summed E-state index contributed by atoms with van der Waals surface area (Å²) in [6, 6.07) is 4.92. The Balaban J connectivity index is 2.41. The number of unbranched alkanes of at least 4 members (excludes halogenated alkanes) is 2. The molecule has 0 aromatic carbocycles. The van der Waals surface area contributed by atoms with Gasteiger partial charge < -0.3 is 0 Å². The molecule has 0 bridgehead atoms. The lowest BCUT2D eigenvalue weighted by Crippen LogP contribution is -2.43. The molecular weight excluding hydrogens is 233 g/mol. The highest BCUT2D eigenvalue weighted by Crippen LogP contribution is 1.98. The molecule has 0 aliphatic heterocycles. The molecule has 0 N–H and O–H groups in total. The smallest absolute Gasteiger partial charge is 0.251 e. The Morgan fingerprint density at radius 2 is 1.75 bits per heavy atom. The van der Waals surface area contributed by atoms with Gasteiger partial charge in [-0.1, -0.05) is 10.0 Å². The van der Waals surface area contributed by atoms with E-state index in [1.807, 2.05) is 0 Å². The van der Waals surface area contributed by atoms with E-state index in [0.717, 1.165) is 3.97 Å². The molecule has 0 aliphatic rings. The van der Waals surface area contributed by atoms with Gasteiger partial charge in [-0.3, -0.25) is 4.39 Å². The van der Waals surface area contributed by atoms with Crippen LogP contribution in [0.2, 0.25) is 0 Å². The Hall–Kier alpha value is -1.01. The van der Waals surface area contributed by atoms with E-state index in [2.05, 4.69) is 0 Å². The van der Waals surface area contributed by atoms with Crippen molar-refractivity contribution in [3.05, 3.63) is 30.6 Å². The molecule has 90 valence electrons. The summed E-state index contributed by atoms with van der Waals surface area (Å²) in [5.74, 6) is 0.